The molecule has 0 bridgehead atoms. The van der Waals surface area contributed by atoms with Crippen LogP contribution < -0.4 is 15.4 Å². The van der Waals surface area contributed by atoms with E-state index in [1.165, 1.54) is 18.3 Å². The van der Waals surface area contributed by atoms with Crippen LogP contribution in [0.5, 0.6) is 5.75 Å². The van der Waals surface area contributed by atoms with Crippen molar-refractivity contribution in [3.05, 3.63) is 75.2 Å². The lowest BCUT2D eigenvalue weighted by molar-refractivity contribution is -0.131. The molecule has 2 aromatic carbocycles. The maximum absolute atomic E-state index is 12.7. The number of aromatic nitrogens is 1. The molecule has 8 nitrogen and oxygen atoms in total. The Morgan fingerprint density at radius 3 is 2.68 bits per heavy atom. The number of nitrogens with one attached hydrogen (secondary N) is 2. The van der Waals surface area contributed by atoms with Crippen molar-refractivity contribution in [3.8, 4) is 5.75 Å². The Kier molecular flexibility index (Phi) is 9.73. The van der Waals surface area contributed by atoms with E-state index in [1.54, 1.807) is 23.6 Å². The number of halogens is 1. The van der Waals surface area contributed by atoms with Crippen LogP contribution in [0.2, 0.25) is 5.02 Å². The van der Waals surface area contributed by atoms with Gasteiger partial charge in [0.25, 0.3) is 5.91 Å². The molecule has 2 heterocycles. The smallest absolute Gasteiger partial charge is 0.270 e. The minimum Gasteiger partial charge on any atom is -0.493 e. The fraction of sp³-hybridized carbons (Fsp3) is 0.357. The zero-order valence-corrected chi connectivity index (χ0v) is 22.8. The molecule has 3 amide bonds. The summed E-state index contributed by atoms with van der Waals surface area (Å²) in [6.07, 6.45) is 2.58. The van der Waals surface area contributed by atoms with Crippen LogP contribution in [0.15, 0.2) is 53.9 Å². The van der Waals surface area contributed by atoms with Crippen LogP contribution in [0.25, 0.3) is 0 Å². The predicted molar refractivity (Wildman–Crippen MR) is 149 cm³/mol. The Balaban J connectivity index is 1.17. The Hall–Kier alpha value is -3.43. The third-order valence-corrected chi connectivity index (χ3v) is 7.66. The Labute approximate surface area is 231 Å². The van der Waals surface area contributed by atoms with Crippen molar-refractivity contribution < 1.29 is 19.1 Å². The second-order valence-corrected chi connectivity index (χ2v) is 10.5. The quantitative estimate of drug-likeness (QED) is 0.347. The van der Waals surface area contributed by atoms with E-state index in [2.05, 4.69) is 15.6 Å². The maximum atomic E-state index is 12.7. The number of rotatable bonds is 10. The Morgan fingerprint density at radius 1 is 1.13 bits per heavy atom. The van der Waals surface area contributed by atoms with Crippen molar-refractivity contribution >= 4 is 46.3 Å². The zero-order valence-electron chi connectivity index (χ0n) is 21.2. The molecular formula is C28H31ClN4O4S. The van der Waals surface area contributed by atoms with Gasteiger partial charge in [-0.05, 0) is 43.0 Å². The summed E-state index contributed by atoms with van der Waals surface area (Å²) in [6.45, 7) is 3.69. The van der Waals surface area contributed by atoms with Gasteiger partial charge in [0.05, 0.1) is 18.0 Å². The molecule has 0 radical (unpaired) electrons. The lowest BCUT2D eigenvalue weighted by atomic mass is 9.97. The first-order valence-corrected chi connectivity index (χ1v) is 13.9. The molecule has 3 aromatic rings. The van der Waals surface area contributed by atoms with Gasteiger partial charge in [0.1, 0.15) is 11.4 Å². The van der Waals surface area contributed by atoms with Gasteiger partial charge in [0.2, 0.25) is 11.8 Å². The average Bonchev–Trinajstić information content (AvgIpc) is 3.40. The van der Waals surface area contributed by atoms with Gasteiger partial charge >= 0.3 is 0 Å². The first-order chi connectivity index (χ1) is 18.4. The number of thiazole rings is 1. The van der Waals surface area contributed by atoms with Crippen molar-refractivity contribution in [2.45, 2.75) is 38.5 Å². The normalized spacial score (nSPS) is 13.7. The second-order valence-electron chi connectivity index (χ2n) is 9.16. The largest absolute Gasteiger partial charge is 0.493 e. The monoisotopic (exact) mass is 554 g/mol. The van der Waals surface area contributed by atoms with E-state index in [0.29, 0.717) is 61.2 Å². The minimum absolute atomic E-state index is 0.0835. The van der Waals surface area contributed by atoms with Crippen molar-refractivity contribution in [1.82, 2.24) is 15.2 Å². The Morgan fingerprint density at radius 2 is 1.92 bits per heavy atom. The number of carbonyl (C=O) groups excluding carboxylic acids is 3. The summed E-state index contributed by atoms with van der Waals surface area (Å²) >= 11 is 7.70. The van der Waals surface area contributed by atoms with Crippen molar-refractivity contribution in [1.29, 1.82) is 0 Å². The third kappa shape index (κ3) is 7.79. The SMILES string of the molecule is CC(=O)Nc1cccc(OCCCNC(=O)c2csc(C3CCN(C(=O)Cc4ccccc4Cl)CC3)n2)c1. The molecule has 4 rings (SSSR count). The lowest BCUT2D eigenvalue weighted by Gasteiger charge is -2.31. The molecule has 200 valence electrons. The molecule has 1 aliphatic heterocycles. The summed E-state index contributed by atoms with van der Waals surface area (Å²) in [5.41, 5.74) is 1.95. The van der Waals surface area contributed by atoms with E-state index < -0.39 is 0 Å². The molecule has 38 heavy (non-hydrogen) atoms. The molecule has 0 saturated carbocycles. The number of likely N-dealkylation sites (tertiary alicyclic amines) is 1. The number of nitrogens with zero attached hydrogens (tertiary/aromatic N) is 2. The highest BCUT2D eigenvalue weighted by Gasteiger charge is 2.26. The number of hydrogen-bond donors (Lipinski definition) is 2. The van der Waals surface area contributed by atoms with Crippen LogP contribution in [-0.2, 0) is 16.0 Å². The molecular weight excluding hydrogens is 524 g/mol. The molecule has 1 aromatic heterocycles. The van der Waals surface area contributed by atoms with Crippen molar-refractivity contribution in [3.63, 3.8) is 0 Å². The molecule has 1 saturated heterocycles. The predicted octanol–water partition coefficient (Wildman–Crippen LogP) is 4.90. The fourth-order valence-electron chi connectivity index (χ4n) is 4.29. The number of hydrogen-bond acceptors (Lipinski definition) is 6. The van der Waals surface area contributed by atoms with Crippen LogP contribution >= 0.6 is 22.9 Å². The number of ether oxygens (including phenoxy) is 1. The molecule has 0 aliphatic carbocycles. The number of amides is 3. The molecule has 0 unspecified atom stereocenters. The van der Waals surface area contributed by atoms with E-state index >= 15 is 0 Å². The first-order valence-electron chi connectivity index (χ1n) is 12.6. The molecule has 1 fully saturated rings. The van der Waals surface area contributed by atoms with Crippen LogP contribution in [0.3, 0.4) is 0 Å². The molecule has 1 aliphatic rings. The summed E-state index contributed by atoms with van der Waals surface area (Å²) in [5.74, 6) is 0.642. The van der Waals surface area contributed by atoms with Crippen molar-refractivity contribution in [2.75, 3.05) is 31.6 Å². The van der Waals surface area contributed by atoms with Gasteiger partial charge in [-0.2, -0.15) is 0 Å². The number of piperidine rings is 1. The lowest BCUT2D eigenvalue weighted by Crippen LogP contribution is -2.38. The standard InChI is InChI=1S/C28H31ClN4O4S/c1-19(34)31-22-7-4-8-23(17-22)37-15-5-12-30-27(36)25-18-38-28(32-25)20-10-13-33(14-11-20)26(35)16-21-6-2-3-9-24(21)29/h2-4,6-9,17-18,20H,5,10-16H2,1H3,(H,30,36)(H,31,34). The van der Waals surface area contributed by atoms with Crippen LogP contribution in [-0.4, -0.2) is 53.8 Å². The van der Waals surface area contributed by atoms with Gasteiger partial charge in [-0.15, -0.1) is 11.3 Å². The van der Waals surface area contributed by atoms with Crippen molar-refractivity contribution in [2.24, 2.45) is 0 Å². The van der Waals surface area contributed by atoms with Crippen LogP contribution in [0, 0.1) is 0 Å². The van der Waals surface area contributed by atoms with Gasteiger partial charge in [-0.3, -0.25) is 14.4 Å². The highest BCUT2D eigenvalue weighted by atomic mass is 35.5. The summed E-state index contributed by atoms with van der Waals surface area (Å²) in [5, 5.41) is 8.96. The van der Waals surface area contributed by atoms with Gasteiger partial charge in [0.15, 0.2) is 0 Å². The molecule has 0 atom stereocenters. The van der Waals surface area contributed by atoms with E-state index in [9.17, 15) is 14.4 Å². The highest BCUT2D eigenvalue weighted by molar-refractivity contribution is 7.09. The van der Waals surface area contributed by atoms with E-state index in [-0.39, 0.29) is 23.6 Å². The number of carbonyl (C=O) groups is 3. The summed E-state index contributed by atoms with van der Waals surface area (Å²) in [6, 6.07) is 14.6. The molecule has 10 heteroatoms. The molecule has 0 spiro atoms. The van der Waals surface area contributed by atoms with E-state index in [0.717, 1.165) is 23.4 Å². The third-order valence-electron chi connectivity index (χ3n) is 6.28. The van der Waals surface area contributed by atoms with Gasteiger partial charge in [-0.1, -0.05) is 35.9 Å². The number of anilines is 1. The summed E-state index contributed by atoms with van der Waals surface area (Å²) in [4.78, 5) is 42.9. The number of benzene rings is 2. The minimum atomic E-state index is -0.201. The summed E-state index contributed by atoms with van der Waals surface area (Å²) < 4.78 is 5.71. The van der Waals surface area contributed by atoms with E-state index in [4.69, 9.17) is 16.3 Å². The average molecular weight is 555 g/mol. The highest BCUT2D eigenvalue weighted by Crippen LogP contribution is 2.31. The first kappa shape index (κ1) is 27.6. The zero-order chi connectivity index (χ0) is 26.9. The second kappa shape index (κ2) is 13.4. The van der Waals surface area contributed by atoms with Crippen LogP contribution in [0.4, 0.5) is 5.69 Å². The maximum Gasteiger partial charge on any atom is 0.270 e. The van der Waals surface area contributed by atoms with Gasteiger partial charge in [0, 0.05) is 54.6 Å². The van der Waals surface area contributed by atoms with Gasteiger partial charge < -0.3 is 20.3 Å². The van der Waals surface area contributed by atoms with Gasteiger partial charge in [-0.25, -0.2) is 4.98 Å². The van der Waals surface area contributed by atoms with E-state index in [1.807, 2.05) is 35.2 Å². The summed E-state index contributed by atoms with van der Waals surface area (Å²) in [7, 11) is 0. The fourth-order valence-corrected chi connectivity index (χ4v) is 5.47. The molecule has 2 N–H and O–H groups in total. The Bertz CT molecular complexity index is 1270. The van der Waals surface area contributed by atoms with Crippen LogP contribution in [0.1, 0.15) is 53.2 Å². The topological polar surface area (TPSA) is 101 Å².